The molecule has 0 heterocycles. The minimum atomic E-state index is 0.168. The molecule has 3 aliphatic rings. The number of allylic oxidation sites excluding steroid dienone is 2. The molecule has 0 spiro atoms. The van der Waals surface area contributed by atoms with Crippen molar-refractivity contribution in [2.24, 2.45) is 17.3 Å². The summed E-state index contributed by atoms with van der Waals surface area (Å²) in [4.78, 5) is 11.4. The number of hydrogen-bond acceptors (Lipinski definition) is 2. The zero-order valence-electron chi connectivity index (χ0n) is 13.8. The van der Waals surface area contributed by atoms with Gasteiger partial charge in [0.25, 0.3) is 0 Å². The molecular formula is C20H23BrO2. The monoisotopic (exact) mass is 374 g/mol. The molecule has 1 aromatic carbocycles. The van der Waals surface area contributed by atoms with E-state index in [2.05, 4.69) is 41.1 Å². The van der Waals surface area contributed by atoms with Gasteiger partial charge >= 0.3 is 0 Å². The first-order valence-corrected chi connectivity index (χ1v) is 9.39. The molecule has 4 rings (SSSR count). The fourth-order valence-corrected chi connectivity index (χ4v) is 6.20. The van der Waals surface area contributed by atoms with Crippen LogP contribution >= 0.6 is 15.9 Å². The van der Waals surface area contributed by atoms with Gasteiger partial charge in [0.2, 0.25) is 0 Å². The fourth-order valence-electron chi connectivity index (χ4n) is 5.45. The Hall–Kier alpha value is -1.09. The van der Waals surface area contributed by atoms with Crippen LogP contribution in [0.15, 0.2) is 28.3 Å². The number of carbonyl (C=O) groups excluding carboxylic acids is 1. The summed E-state index contributed by atoms with van der Waals surface area (Å²) in [5, 5.41) is 0. The number of fused-ring (bicyclic) bond motifs is 5. The molecule has 3 aliphatic carbocycles. The number of ether oxygens (including phenoxy) is 1. The molecule has 1 fully saturated rings. The maximum atomic E-state index is 11.4. The van der Waals surface area contributed by atoms with Crippen LogP contribution in [-0.4, -0.2) is 13.4 Å². The van der Waals surface area contributed by atoms with Gasteiger partial charge in [-0.2, -0.15) is 0 Å². The van der Waals surface area contributed by atoms with Gasteiger partial charge in [0.05, 0.1) is 7.11 Å². The highest BCUT2D eigenvalue weighted by Gasteiger charge is 2.53. The molecule has 0 saturated heterocycles. The number of hydrogen-bond donors (Lipinski definition) is 0. The SMILES string of the molecule is COc1ccc2c(c1)CC[C@@H]1[C@@H]2CC[C@]2(C)C(Br)=C(C=O)C[C@@H]12. The molecule has 122 valence electrons. The van der Waals surface area contributed by atoms with Crippen molar-refractivity contribution in [1.29, 1.82) is 0 Å². The summed E-state index contributed by atoms with van der Waals surface area (Å²) in [6.07, 6.45) is 6.78. The smallest absolute Gasteiger partial charge is 0.146 e. The van der Waals surface area contributed by atoms with Gasteiger partial charge in [-0.3, -0.25) is 4.79 Å². The van der Waals surface area contributed by atoms with Gasteiger partial charge in [0.1, 0.15) is 12.0 Å². The topological polar surface area (TPSA) is 26.3 Å². The van der Waals surface area contributed by atoms with E-state index in [1.807, 2.05) is 0 Å². The molecule has 2 nitrogen and oxygen atoms in total. The third-order valence-electron chi connectivity index (χ3n) is 6.69. The summed E-state index contributed by atoms with van der Waals surface area (Å²) < 4.78 is 6.58. The van der Waals surface area contributed by atoms with Gasteiger partial charge in [-0.25, -0.2) is 0 Å². The standard InChI is InChI=1S/C20H23BrO2/c1-20-8-7-16-15-6-4-14(23-2)9-12(15)3-5-17(16)18(20)10-13(11-22)19(20)21/h4,6,9,11,16-18H,3,5,7-8,10H2,1-2H3/t16-,17-,18+,20+/m1/s1. The molecule has 0 aromatic heterocycles. The minimum absolute atomic E-state index is 0.168. The number of aldehydes is 1. The van der Waals surface area contributed by atoms with E-state index in [1.165, 1.54) is 34.9 Å². The third-order valence-corrected chi connectivity index (χ3v) is 8.10. The largest absolute Gasteiger partial charge is 0.497 e. The predicted molar refractivity (Wildman–Crippen MR) is 95.0 cm³/mol. The number of aryl methyl sites for hydroxylation is 1. The van der Waals surface area contributed by atoms with E-state index in [-0.39, 0.29) is 5.41 Å². The first-order chi connectivity index (χ1) is 11.1. The summed E-state index contributed by atoms with van der Waals surface area (Å²) in [5.74, 6) is 2.91. The minimum Gasteiger partial charge on any atom is -0.497 e. The molecule has 0 unspecified atom stereocenters. The fraction of sp³-hybridized carbons (Fsp3) is 0.550. The van der Waals surface area contributed by atoms with Crippen molar-refractivity contribution in [3.05, 3.63) is 39.4 Å². The van der Waals surface area contributed by atoms with E-state index in [1.54, 1.807) is 7.11 Å². The van der Waals surface area contributed by atoms with Crippen LogP contribution in [-0.2, 0) is 11.2 Å². The average molecular weight is 375 g/mol. The van der Waals surface area contributed by atoms with Crippen molar-refractivity contribution < 1.29 is 9.53 Å². The highest BCUT2D eigenvalue weighted by molar-refractivity contribution is 9.11. The highest BCUT2D eigenvalue weighted by Crippen LogP contribution is 2.63. The van der Waals surface area contributed by atoms with Gasteiger partial charge in [-0.05, 0) is 73.1 Å². The Morgan fingerprint density at radius 2 is 2.17 bits per heavy atom. The molecular weight excluding hydrogens is 352 g/mol. The Balaban J connectivity index is 1.69. The molecule has 0 bridgehead atoms. The van der Waals surface area contributed by atoms with E-state index in [4.69, 9.17) is 4.74 Å². The molecule has 23 heavy (non-hydrogen) atoms. The molecule has 0 N–H and O–H groups in total. The van der Waals surface area contributed by atoms with Crippen molar-refractivity contribution in [3.8, 4) is 5.75 Å². The van der Waals surface area contributed by atoms with Crippen LogP contribution in [0.25, 0.3) is 0 Å². The van der Waals surface area contributed by atoms with E-state index in [0.29, 0.717) is 17.8 Å². The summed E-state index contributed by atoms with van der Waals surface area (Å²) in [6.45, 7) is 2.36. The van der Waals surface area contributed by atoms with Crippen LogP contribution in [0.2, 0.25) is 0 Å². The number of benzene rings is 1. The number of rotatable bonds is 2. The van der Waals surface area contributed by atoms with Crippen LogP contribution in [0, 0.1) is 17.3 Å². The van der Waals surface area contributed by atoms with Gasteiger partial charge in [0, 0.05) is 15.5 Å². The maximum Gasteiger partial charge on any atom is 0.146 e. The van der Waals surface area contributed by atoms with Gasteiger partial charge in [-0.1, -0.05) is 28.9 Å². The van der Waals surface area contributed by atoms with Crippen LogP contribution in [0.3, 0.4) is 0 Å². The van der Waals surface area contributed by atoms with Crippen molar-refractivity contribution in [1.82, 2.24) is 0 Å². The Labute approximate surface area is 146 Å². The van der Waals surface area contributed by atoms with E-state index in [0.717, 1.165) is 30.5 Å². The second kappa shape index (κ2) is 5.47. The zero-order valence-corrected chi connectivity index (χ0v) is 15.4. The number of methoxy groups -OCH3 is 1. The van der Waals surface area contributed by atoms with Crippen LogP contribution in [0.1, 0.15) is 49.7 Å². The lowest BCUT2D eigenvalue weighted by molar-refractivity contribution is -0.105. The molecule has 0 radical (unpaired) electrons. The van der Waals surface area contributed by atoms with Crippen molar-refractivity contribution in [2.75, 3.05) is 7.11 Å². The highest BCUT2D eigenvalue weighted by atomic mass is 79.9. The average Bonchev–Trinajstić information content (AvgIpc) is 2.85. The summed E-state index contributed by atoms with van der Waals surface area (Å²) in [6, 6.07) is 6.61. The first-order valence-electron chi connectivity index (χ1n) is 8.59. The van der Waals surface area contributed by atoms with Crippen LogP contribution in [0.4, 0.5) is 0 Å². The van der Waals surface area contributed by atoms with Crippen LogP contribution in [0.5, 0.6) is 5.75 Å². The lowest BCUT2D eigenvalue weighted by atomic mass is 9.56. The second-order valence-electron chi connectivity index (χ2n) is 7.60. The lowest BCUT2D eigenvalue weighted by Gasteiger charge is -2.49. The molecule has 0 aliphatic heterocycles. The van der Waals surface area contributed by atoms with Gasteiger partial charge in [-0.15, -0.1) is 0 Å². The second-order valence-corrected chi connectivity index (χ2v) is 8.39. The quantitative estimate of drug-likeness (QED) is 0.680. The van der Waals surface area contributed by atoms with Crippen molar-refractivity contribution in [3.63, 3.8) is 0 Å². The Kier molecular flexibility index (Phi) is 3.67. The van der Waals surface area contributed by atoms with Crippen molar-refractivity contribution >= 4 is 22.2 Å². The maximum absolute atomic E-state index is 11.4. The van der Waals surface area contributed by atoms with Gasteiger partial charge in [0.15, 0.2) is 0 Å². The summed E-state index contributed by atoms with van der Waals surface area (Å²) >= 11 is 3.76. The summed E-state index contributed by atoms with van der Waals surface area (Å²) in [5.41, 5.74) is 4.16. The molecule has 0 amide bonds. The lowest BCUT2D eigenvalue weighted by Crippen LogP contribution is -2.40. The Bertz CT molecular complexity index is 693. The van der Waals surface area contributed by atoms with Crippen LogP contribution < -0.4 is 4.74 Å². The Morgan fingerprint density at radius 3 is 2.91 bits per heavy atom. The molecule has 1 saturated carbocycles. The third kappa shape index (κ3) is 2.15. The van der Waals surface area contributed by atoms with Crippen molar-refractivity contribution in [2.45, 2.75) is 44.9 Å². The molecule has 4 atom stereocenters. The van der Waals surface area contributed by atoms with E-state index >= 15 is 0 Å². The number of carbonyl (C=O) groups is 1. The van der Waals surface area contributed by atoms with Gasteiger partial charge < -0.3 is 4.74 Å². The predicted octanol–water partition coefficient (Wildman–Crippen LogP) is 5.01. The molecule has 3 heteroatoms. The normalized spacial score (nSPS) is 35.3. The Morgan fingerprint density at radius 1 is 1.35 bits per heavy atom. The molecule has 1 aromatic rings. The van der Waals surface area contributed by atoms with E-state index in [9.17, 15) is 4.79 Å². The number of halogens is 1. The van der Waals surface area contributed by atoms with E-state index < -0.39 is 0 Å². The first kappa shape index (κ1) is 15.4. The summed E-state index contributed by atoms with van der Waals surface area (Å²) in [7, 11) is 1.74. The zero-order chi connectivity index (χ0) is 16.2.